The van der Waals surface area contributed by atoms with Crippen LogP contribution < -0.4 is 4.74 Å². The lowest BCUT2D eigenvalue weighted by Gasteiger charge is -2.16. The van der Waals surface area contributed by atoms with Gasteiger partial charge in [-0.15, -0.1) is 0 Å². The number of hydrogen-bond acceptors (Lipinski definition) is 3. The zero-order valence-electron chi connectivity index (χ0n) is 21.5. The Hall–Kier alpha value is -4.58. The maximum Gasteiger partial charge on any atom is 0.255 e. The van der Waals surface area contributed by atoms with E-state index in [0.29, 0.717) is 19.5 Å². The van der Waals surface area contributed by atoms with Gasteiger partial charge in [0, 0.05) is 58.1 Å². The van der Waals surface area contributed by atoms with Gasteiger partial charge in [0.1, 0.15) is 5.75 Å². The molecule has 3 aliphatic rings. The third-order valence-electron chi connectivity index (χ3n) is 9.26. The van der Waals surface area contributed by atoms with Gasteiger partial charge in [-0.1, -0.05) is 48.5 Å². The first-order valence-corrected chi connectivity index (χ1v) is 13.6. The van der Waals surface area contributed by atoms with Crippen molar-refractivity contribution < 1.29 is 14.3 Å². The summed E-state index contributed by atoms with van der Waals surface area (Å²) in [5.41, 5.74) is 7.40. The van der Waals surface area contributed by atoms with Crippen molar-refractivity contribution in [3.63, 3.8) is 0 Å². The Morgan fingerprint density at radius 1 is 0.821 bits per heavy atom. The number of benzene rings is 4. The molecule has 1 fully saturated rings. The van der Waals surface area contributed by atoms with Gasteiger partial charge in [0.15, 0.2) is 5.78 Å². The summed E-state index contributed by atoms with van der Waals surface area (Å²) < 4.78 is 10.0. The summed E-state index contributed by atoms with van der Waals surface area (Å²) in [5, 5.41) is 4.39. The van der Waals surface area contributed by atoms with Crippen LogP contribution in [0.1, 0.15) is 46.4 Å². The summed E-state index contributed by atoms with van der Waals surface area (Å²) in [6, 6.07) is 24.7. The molecule has 4 aromatic carbocycles. The van der Waals surface area contributed by atoms with Crippen molar-refractivity contribution in [2.45, 2.75) is 38.0 Å². The molecule has 9 rings (SSSR count). The highest BCUT2D eigenvalue weighted by Crippen LogP contribution is 2.53. The molecule has 6 aromatic rings. The van der Waals surface area contributed by atoms with Gasteiger partial charge < -0.3 is 18.8 Å². The lowest BCUT2D eigenvalue weighted by molar-refractivity contribution is -0.120. The summed E-state index contributed by atoms with van der Waals surface area (Å²) in [4.78, 5) is 29.7. The molecule has 39 heavy (non-hydrogen) atoms. The van der Waals surface area contributed by atoms with Crippen molar-refractivity contribution in [1.82, 2.24) is 14.0 Å². The number of aromatic nitrogens is 2. The number of nitrogens with zero attached hydrogens (tertiary/aromatic N) is 3. The first-order valence-electron chi connectivity index (χ1n) is 13.6. The van der Waals surface area contributed by atoms with E-state index < -0.39 is 0 Å². The number of Topliss-reactive ketones (excluding diaryl/α,β-unsaturated/α-hetero) is 1. The molecule has 1 aliphatic carbocycles. The standard InChI is InChI=1S/C33H25N3O3/c1-39-20-12-10-18(11-13-20)16-34-17-23-28-21-6-2-4-8-24(21)35-19-14-26(27(37)15-19)36-25-9-5-3-7-22(25)29(30(23)33(34)38)32(36)31(28)35/h2-13,19,26H,14-17H2,1H3/t19-,26+/m0/s1. The van der Waals surface area contributed by atoms with E-state index >= 15 is 0 Å². The maximum atomic E-state index is 14.3. The smallest absolute Gasteiger partial charge is 0.255 e. The number of methoxy groups -OCH3 is 1. The summed E-state index contributed by atoms with van der Waals surface area (Å²) in [6.45, 7) is 1.09. The molecule has 190 valence electrons. The first kappa shape index (κ1) is 21.4. The van der Waals surface area contributed by atoms with E-state index in [9.17, 15) is 9.59 Å². The molecular weight excluding hydrogens is 486 g/mol. The van der Waals surface area contributed by atoms with E-state index in [-0.39, 0.29) is 23.8 Å². The fourth-order valence-electron chi connectivity index (χ4n) is 7.71. The van der Waals surface area contributed by atoms with E-state index in [2.05, 4.69) is 45.5 Å². The van der Waals surface area contributed by atoms with Crippen molar-refractivity contribution in [3.05, 3.63) is 89.5 Å². The minimum atomic E-state index is -0.204. The molecule has 2 atom stereocenters. The Morgan fingerprint density at radius 2 is 1.49 bits per heavy atom. The van der Waals surface area contributed by atoms with Gasteiger partial charge in [0.25, 0.3) is 5.91 Å². The zero-order chi connectivity index (χ0) is 26.0. The van der Waals surface area contributed by atoms with Crippen LogP contribution in [0.25, 0.3) is 43.6 Å². The number of amides is 1. The quantitative estimate of drug-likeness (QED) is 0.272. The number of hydrogen-bond donors (Lipinski definition) is 0. The molecule has 2 aromatic heterocycles. The minimum Gasteiger partial charge on any atom is -0.497 e. The molecule has 1 saturated carbocycles. The highest BCUT2D eigenvalue weighted by molar-refractivity contribution is 6.31. The number of carbonyl (C=O) groups excluding carboxylic acids is 2. The molecular formula is C33H25N3O3. The number of carbonyl (C=O) groups is 2. The molecule has 0 unspecified atom stereocenters. The lowest BCUT2D eigenvalue weighted by atomic mass is 9.97. The largest absolute Gasteiger partial charge is 0.497 e. The molecule has 0 saturated heterocycles. The Balaban J connectivity index is 1.41. The van der Waals surface area contributed by atoms with Crippen LogP contribution in [0.15, 0.2) is 72.8 Å². The predicted octanol–water partition coefficient (Wildman–Crippen LogP) is 6.53. The molecule has 6 heteroatoms. The minimum absolute atomic E-state index is 0.0585. The molecule has 4 heterocycles. The van der Waals surface area contributed by atoms with Crippen LogP contribution in [0.5, 0.6) is 5.75 Å². The maximum absolute atomic E-state index is 14.3. The number of ether oxygens (including phenoxy) is 1. The van der Waals surface area contributed by atoms with Crippen LogP contribution in [0.3, 0.4) is 0 Å². The van der Waals surface area contributed by atoms with Crippen LogP contribution in [0, 0.1) is 0 Å². The van der Waals surface area contributed by atoms with Gasteiger partial charge >= 0.3 is 0 Å². The van der Waals surface area contributed by atoms with Gasteiger partial charge in [-0.2, -0.15) is 0 Å². The first-order chi connectivity index (χ1) is 19.1. The average molecular weight is 512 g/mol. The summed E-state index contributed by atoms with van der Waals surface area (Å²) >= 11 is 0. The van der Waals surface area contributed by atoms with E-state index in [0.717, 1.165) is 56.2 Å². The third kappa shape index (κ3) is 2.56. The highest BCUT2D eigenvalue weighted by atomic mass is 16.5. The topological polar surface area (TPSA) is 56.5 Å². The fourth-order valence-corrected chi connectivity index (χ4v) is 7.71. The number of rotatable bonds is 3. The number of fused-ring (bicyclic) bond motifs is 13. The van der Waals surface area contributed by atoms with Crippen molar-refractivity contribution >= 4 is 55.3 Å². The van der Waals surface area contributed by atoms with E-state index in [1.165, 1.54) is 16.3 Å². The number of ketones is 1. The normalized spacial score (nSPS) is 19.8. The van der Waals surface area contributed by atoms with E-state index in [1.807, 2.05) is 41.3 Å². The molecule has 2 bridgehead atoms. The SMILES string of the molecule is COc1ccc(CN2Cc3c(c4c5ccccc5n5c4c4c3c3ccccc3n4[C@@H]3CC(=O)[C@H]5C3)C2=O)cc1. The van der Waals surface area contributed by atoms with E-state index in [1.54, 1.807) is 7.11 Å². The summed E-state index contributed by atoms with van der Waals surface area (Å²) in [5.74, 6) is 1.15. The molecule has 2 aliphatic heterocycles. The van der Waals surface area contributed by atoms with Gasteiger partial charge in [-0.05, 0) is 41.8 Å². The van der Waals surface area contributed by atoms with Gasteiger partial charge in [0.05, 0.1) is 29.7 Å². The van der Waals surface area contributed by atoms with Crippen LogP contribution in [0.4, 0.5) is 0 Å². The van der Waals surface area contributed by atoms with Crippen LogP contribution in [-0.4, -0.2) is 32.8 Å². The molecule has 6 nitrogen and oxygen atoms in total. The Morgan fingerprint density at radius 3 is 2.23 bits per heavy atom. The van der Waals surface area contributed by atoms with Crippen LogP contribution in [-0.2, 0) is 17.9 Å². The fraction of sp³-hybridized carbons (Fsp3) is 0.212. The van der Waals surface area contributed by atoms with Gasteiger partial charge in [-0.3, -0.25) is 9.59 Å². The van der Waals surface area contributed by atoms with Crippen molar-refractivity contribution in [1.29, 1.82) is 0 Å². The van der Waals surface area contributed by atoms with Crippen molar-refractivity contribution in [3.8, 4) is 5.75 Å². The van der Waals surface area contributed by atoms with Gasteiger partial charge in [-0.25, -0.2) is 0 Å². The van der Waals surface area contributed by atoms with Crippen LogP contribution in [0.2, 0.25) is 0 Å². The van der Waals surface area contributed by atoms with E-state index in [4.69, 9.17) is 4.74 Å². The Bertz CT molecular complexity index is 2060. The van der Waals surface area contributed by atoms with Crippen LogP contribution >= 0.6 is 0 Å². The second-order valence-electron chi connectivity index (χ2n) is 11.2. The zero-order valence-corrected chi connectivity index (χ0v) is 21.5. The monoisotopic (exact) mass is 511 g/mol. The molecule has 1 amide bonds. The molecule has 0 radical (unpaired) electrons. The third-order valence-corrected chi connectivity index (χ3v) is 9.26. The number of para-hydroxylation sites is 2. The Kier molecular flexibility index (Phi) is 3.99. The van der Waals surface area contributed by atoms with Crippen molar-refractivity contribution in [2.24, 2.45) is 0 Å². The second kappa shape index (κ2) is 7.29. The predicted molar refractivity (Wildman–Crippen MR) is 151 cm³/mol. The lowest BCUT2D eigenvalue weighted by Crippen LogP contribution is -2.23. The summed E-state index contributed by atoms with van der Waals surface area (Å²) in [7, 11) is 1.66. The van der Waals surface area contributed by atoms with Gasteiger partial charge in [0.2, 0.25) is 0 Å². The van der Waals surface area contributed by atoms with Crippen molar-refractivity contribution in [2.75, 3.05) is 7.11 Å². The molecule has 0 N–H and O–H groups in total. The average Bonchev–Trinajstić information content (AvgIpc) is 3.66. The Labute approximate surface area is 224 Å². The second-order valence-corrected chi connectivity index (χ2v) is 11.2. The highest BCUT2D eigenvalue weighted by Gasteiger charge is 2.44. The summed E-state index contributed by atoms with van der Waals surface area (Å²) in [6.07, 6.45) is 1.34. The molecule has 0 spiro atoms.